The predicted octanol–water partition coefficient (Wildman–Crippen LogP) is 7.10. The molecule has 1 aromatic carbocycles. The molecule has 0 spiro atoms. The maximum absolute atomic E-state index is 13.7. The topological polar surface area (TPSA) is 74.2 Å². The first-order valence-electron chi connectivity index (χ1n) is 14.5. The van der Waals surface area contributed by atoms with Gasteiger partial charge in [0.1, 0.15) is 5.60 Å². The normalized spacial score (nSPS) is 22.8. The number of hydrogen-bond donors (Lipinski definition) is 0. The summed E-state index contributed by atoms with van der Waals surface area (Å²) < 4.78 is 87.8. The zero-order valence-corrected chi connectivity index (χ0v) is 25.6. The largest absolute Gasteiger partial charge is 0.444 e. The molecule has 0 aliphatic carbocycles. The molecule has 0 saturated carbocycles. The van der Waals surface area contributed by atoms with Crippen molar-refractivity contribution in [2.45, 2.75) is 102 Å². The van der Waals surface area contributed by atoms with E-state index >= 15 is 0 Å². The molecule has 0 N–H and O–H groups in total. The van der Waals surface area contributed by atoms with Crippen molar-refractivity contribution in [3.05, 3.63) is 52.8 Å². The number of piperidine rings is 1. The van der Waals surface area contributed by atoms with Crippen molar-refractivity contribution in [2.75, 3.05) is 18.5 Å². The Hall–Kier alpha value is -3.58. The van der Waals surface area contributed by atoms with Crippen LogP contribution >= 0.6 is 0 Å². The minimum absolute atomic E-state index is 0.0538. The number of aromatic nitrogens is 2. The number of anilines is 1. The van der Waals surface area contributed by atoms with Crippen LogP contribution < -0.4 is 4.90 Å². The molecule has 1 aromatic heterocycles. The van der Waals surface area contributed by atoms with Crippen molar-refractivity contribution in [1.29, 1.82) is 0 Å². The molecule has 4 rings (SSSR count). The summed E-state index contributed by atoms with van der Waals surface area (Å²) in [4.78, 5) is 25.5. The monoisotopic (exact) mass is 628 g/mol. The van der Waals surface area contributed by atoms with Gasteiger partial charge in [-0.25, -0.2) is 14.8 Å². The molecule has 44 heavy (non-hydrogen) atoms. The molecule has 0 bridgehead atoms. The summed E-state index contributed by atoms with van der Waals surface area (Å²) in [6.07, 6.45) is -4.14. The Balaban J connectivity index is 1.72. The van der Waals surface area contributed by atoms with Gasteiger partial charge in [0.15, 0.2) is 0 Å². The highest BCUT2D eigenvalue weighted by atomic mass is 19.4. The van der Waals surface area contributed by atoms with Crippen molar-refractivity contribution in [3.8, 4) is 0 Å². The second kappa shape index (κ2) is 12.4. The van der Waals surface area contributed by atoms with Gasteiger partial charge in [0.2, 0.25) is 5.95 Å². The molecule has 2 aromatic rings. The van der Waals surface area contributed by atoms with Gasteiger partial charge in [-0.2, -0.15) is 31.4 Å². The molecular weight excluding hydrogens is 590 g/mol. The summed E-state index contributed by atoms with van der Waals surface area (Å²) >= 11 is 0. The number of rotatable bonds is 6. The molecule has 242 valence electrons. The highest BCUT2D eigenvalue weighted by Gasteiger charge is 2.41. The number of alkyl halides is 6. The lowest BCUT2D eigenvalue weighted by molar-refractivity contribution is -0.143. The number of hydrogen-bond acceptors (Lipinski definition) is 7. The summed E-state index contributed by atoms with van der Waals surface area (Å²) in [5, 5.41) is 5.99. The third-order valence-corrected chi connectivity index (χ3v) is 7.79. The van der Waals surface area contributed by atoms with Gasteiger partial charge in [-0.05, 0) is 76.3 Å². The third kappa shape index (κ3) is 7.92. The van der Waals surface area contributed by atoms with E-state index in [1.165, 1.54) is 0 Å². The van der Waals surface area contributed by atoms with Crippen molar-refractivity contribution >= 4 is 18.3 Å². The summed E-state index contributed by atoms with van der Waals surface area (Å²) in [5.74, 6) is 0.114. The van der Waals surface area contributed by atoms with Crippen LogP contribution in [-0.4, -0.2) is 69.5 Å². The van der Waals surface area contributed by atoms with Crippen LogP contribution in [0.5, 0.6) is 0 Å². The summed E-state index contributed by atoms with van der Waals surface area (Å²) in [7, 11) is 1.83. The molecule has 2 aliphatic heterocycles. The molecule has 3 heterocycles. The van der Waals surface area contributed by atoms with E-state index in [0.717, 1.165) is 17.7 Å². The zero-order valence-electron chi connectivity index (χ0n) is 25.6. The van der Waals surface area contributed by atoms with Gasteiger partial charge in [0.25, 0.3) is 0 Å². The quantitative estimate of drug-likeness (QED) is 0.318. The lowest BCUT2D eigenvalue weighted by Gasteiger charge is -2.47. The average molecular weight is 629 g/mol. The van der Waals surface area contributed by atoms with Gasteiger partial charge >= 0.3 is 18.4 Å². The van der Waals surface area contributed by atoms with Crippen LogP contribution in [-0.2, 0) is 23.6 Å². The van der Waals surface area contributed by atoms with E-state index in [1.54, 1.807) is 54.2 Å². The number of benzene rings is 1. The smallest absolute Gasteiger partial charge is 0.416 e. The highest BCUT2D eigenvalue weighted by Crippen LogP contribution is 2.38. The number of nitrogens with zero attached hydrogens (tertiary/aromatic N) is 6. The van der Waals surface area contributed by atoms with Crippen LogP contribution in [0.3, 0.4) is 0 Å². The Morgan fingerprint density at radius 3 is 2.07 bits per heavy atom. The Bertz CT molecular complexity index is 1310. The number of carbonyl (C=O) groups is 1. The molecule has 1 amide bonds. The molecule has 4 atom stereocenters. The lowest BCUT2D eigenvalue weighted by Crippen LogP contribution is -2.57. The highest BCUT2D eigenvalue weighted by molar-refractivity contribution is 5.70. The van der Waals surface area contributed by atoms with Crippen molar-refractivity contribution in [3.63, 3.8) is 0 Å². The number of carbonyl (C=O) groups excluding carboxylic acids is 1. The summed E-state index contributed by atoms with van der Waals surface area (Å²) in [6, 6.07) is 0.553. The number of amides is 1. The number of halogens is 6. The lowest BCUT2D eigenvalue weighted by atomic mass is 9.89. The van der Waals surface area contributed by atoms with Crippen molar-refractivity contribution in [1.82, 2.24) is 19.9 Å². The number of likely N-dealkylation sites (N-methyl/N-ethyl adjacent to an activating group) is 1. The van der Waals surface area contributed by atoms with E-state index in [2.05, 4.69) is 15.1 Å². The van der Waals surface area contributed by atoms with Crippen LogP contribution in [0.15, 0.2) is 35.7 Å². The van der Waals surface area contributed by atoms with E-state index < -0.39 is 41.2 Å². The van der Waals surface area contributed by atoms with E-state index in [-0.39, 0.29) is 42.1 Å². The van der Waals surface area contributed by atoms with Gasteiger partial charge in [-0.15, -0.1) is 0 Å². The fraction of sp³-hybridized carbons (Fsp3) is 0.600. The predicted molar refractivity (Wildman–Crippen MR) is 153 cm³/mol. The first kappa shape index (κ1) is 33.3. The second-order valence-corrected chi connectivity index (χ2v) is 12.5. The Morgan fingerprint density at radius 2 is 1.59 bits per heavy atom. The number of ether oxygens (including phenoxy) is 1. The van der Waals surface area contributed by atoms with Crippen LogP contribution in [0.1, 0.15) is 82.1 Å². The minimum Gasteiger partial charge on any atom is -0.444 e. The maximum Gasteiger partial charge on any atom is 0.416 e. The van der Waals surface area contributed by atoms with Crippen molar-refractivity contribution < 1.29 is 35.9 Å². The molecule has 2 aliphatic rings. The van der Waals surface area contributed by atoms with Gasteiger partial charge in [0, 0.05) is 62.8 Å². The van der Waals surface area contributed by atoms with Crippen LogP contribution in [0.25, 0.3) is 0 Å². The Labute approximate surface area is 253 Å². The Morgan fingerprint density at radius 1 is 1.00 bits per heavy atom. The fourth-order valence-electron chi connectivity index (χ4n) is 5.76. The van der Waals surface area contributed by atoms with Crippen LogP contribution in [0.2, 0.25) is 0 Å². The van der Waals surface area contributed by atoms with E-state index in [1.807, 2.05) is 20.9 Å². The molecule has 1 saturated heterocycles. The molecule has 14 heteroatoms. The zero-order chi connectivity index (χ0) is 32.6. The fourth-order valence-corrected chi connectivity index (χ4v) is 5.76. The molecular formula is C30H38F6N6O2. The summed E-state index contributed by atoms with van der Waals surface area (Å²) in [5.41, 5.74) is -2.89. The molecule has 1 fully saturated rings. The summed E-state index contributed by atoms with van der Waals surface area (Å²) in [6.45, 7) is 9.39. The SMILES string of the molecule is CC[C@@H]1C[C@H](N(Cc2cc(C(F)(F)F)cc(C(F)(F)F)c2)c2ncc(C3C=NN(C)C3)cn2)CC(C)N1C(=O)OC(C)(C)C. The van der Waals surface area contributed by atoms with Gasteiger partial charge in [-0.3, -0.25) is 5.01 Å². The number of hydrazone groups is 1. The minimum atomic E-state index is -4.98. The van der Waals surface area contributed by atoms with Gasteiger partial charge in [-0.1, -0.05) is 6.92 Å². The average Bonchev–Trinajstić information content (AvgIpc) is 3.35. The number of likely N-dealkylation sites (tertiary alicyclic amines) is 1. The van der Waals surface area contributed by atoms with E-state index in [0.29, 0.717) is 25.8 Å². The van der Waals surface area contributed by atoms with E-state index in [4.69, 9.17) is 4.74 Å². The van der Waals surface area contributed by atoms with Crippen LogP contribution in [0.4, 0.5) is 37.1 Å². The maximum atomic E-state index is 13.7. The first-order valence-corrected chi connectivity index (χ1v) is 14.5. The molecule has 8 nitrogen and oxygen atoms in total. The van der Waals surface area contributed by atoms with Crippen molar-refractivity contribution in [2.24, 2.45) is 5.10 Å². The molecule has 0 radical (unpaired) electrons. The first-order chi connectivity index (χ1) is 20.4. The molecule has 2 unspecified atom stereocenters. The Kier molecular flexibility index (Phi) is 9.41. The van der Waals surface area contributed by atoms with E-state index in [9.17, 15) is 31.1 Å². The van der Waals surface area contributed by atoms with Crippen LogP contribution in [0, 0.1) is 0 Å². The van der Waals surface area contributed by atoms with Gasteiger partial charge < -0.3 is 14.5 Å². The second-order valence-electron chi connectivity index (χ2n) is 12.5. The standard InChI is InChI=1S/C30H38F6N6O2/c1-7-24-12-25(8-18(2)42(24)27(43)44-28(3,4)5)41(26-37-13-20(14-38-26)21-15-39-40(6)17-21)16-19-9-22(29(31,32)33)11-23(10-19)30(34,35)36/h9-11,13-15,18,21,24-25H,7-8,12,16-17H2,1-6H3/t18?,21?,24-,25-/m1/s1. The van der Waals surface area contributed by atoms with Gasteiger partial charge in [0.05, 0.1) is 11.1 Å². The third-order valence-electron chi connectivity index (χ3n) is 7.79.